The molecule has 0 aromatic rings. The summed E-state index contributed by atoms with van der Waals surface area (Å²) in [5, 5.41) is 0. The van der Waals surface area contributed by atoms with Gasteiger partial charge in [-0.2, -0.15) is 0 Å². The SMILES string of the molecule is CCCCOCCC1(N)CCOC1C1CC1. The van der Waals surface area contributed by atoms with Crippen molar-refractivity contribution >= 4 is 0 Å². The number of unbranched alkanes of at least 4 members (excludes halogenated alkanes) is 1. The molecule has 0 spiro atoms. The average Bonchev–Trinajstić information content (AvgIpc) is 3.03. The fourth-order valence-electron chi connectivity index (χ4n) is 2.57. The predicted molar refractivity (Wildman–Crippen MR) is 64.3 cm³/mol. The van der Waals surface area contributed by atoms with Crippen LogP contribution in [0.5, 0.6) is 0 Å². The van der Waals surface area contributed by atoms with E-state index in [1.807, 2.05) is 0 Å². The molecule has 1 aliphatic carbocycles. The highest BCUT2D eigenvalue weighted by Crippen LogP contribution is 2.43. The molecule has 1 heterocycles. The second-order valence-corrected chi connectivity index (χ2v) is 5.33. The molecule has 94 valence electrons. The fraction of sp³-hybridized carbons (Fsp3) is 1.00. The van der Waals surface area contributed by atoms with Crippen LogP contribution in [0, 0.1) is 5.92 Å². The monoisotopic (exact) mass is 227 g/mol. The van der Waals surface area contributed by atoms with Crippen molar-refractivity contribution in [2.45, 2.75) is 57.1 Å². The number of nitrogens with two attached hydrogens (primary N) is 1. The van der Waals surface area contributed by atoms with Crippen LogP contribution in [0.2, 0.25) is 0 Å². The standard InChI is InChI=1S/C13H25NO2/c1-2-3-8-15-9-6-13(14)7-10-16-12(13)11-4-5-11/h11-12H,2-10,14H2,1H3. The Morgan fingerprint density at radius 3 is 2.88 bits per heavy atom. The van der Waals surface area contributed by atoms with Gasteiger partial charge in [0.15, 0.2) is 0 Å². The Labute approximate surface area is 98.7 Å². The summed E-state index contributed by atoms with van der Waals surface area (Å²) in [6.07, 6.45) is 7.23. The topological polar surface area (TPSA) is 44.5 Å². The predicted octanol–water partition coefficient (Wildman–Crippen LogP) is 2.09. The molecule has 2 N–H and O–H groups in total. The minimum Gasteiger partial charge on any atom is -0.381 e. The van der Waals surface area contributed by atoms with E-state index >= 15 is 0 Å². The molecule has 0 aromatic carbocycles. The lowest BCUT2D eigenvalue weighted by molar-refractivity contribution is 0.0440. The molecule has 0 bridgehead atoms. The van der Waals surface area contributed by atoms with Gasteiger partial charge in [0.05, 0.1) is 6.10 Å². The average molecular weight is 227 g/mol. The van der Waals surface area contributed by atoms with Crippen molar-refractivity contribution in [3.8, 4) is 0 Å². The summed E-state index contributed by atoms with van der Waals surface area (Å²) in [4.78, 5) is 0. The van der Waals surface area contributed by atoms with E-state index in [1.165, 1.54) is 19.3 Å². The fourth-order valence-corrected chi connectivity index (χ4v) is 2.57. The number of ether oxygens (including phenoxy) is 2. The van der Waals surface area contributed by atoms with Gasteiger partial charge in [0.25, 0.3) is 0 Å². The van der Waals surface area contributed by atoms with Crippen molar-refractivity contribution in [2.24, 2.45) is 11.7 Å². The van der Waals surface area contributed by atoms with Crippen molar-refractivity contribution in [1.29, 1.82) is 0 Å². The van der Waals surface area contributed by atoms with Crippen LogP contribution in [0.1, 0.15) is 45.4 Å². The first-order chi connectivity index (χ1) is 7.76. The highest BCUT2D eigenvalue weighted by molar-refractivity contribution is 5.03. The van der Waals surface area contributed by atoms with E-state index in [1.54, 1.807) is 0 Å². The van der Waals surface area contributed by atoms with Crippen LogP contribution in [-0.2, 0) is 9.47 Å². The van der Waals surface area contributed by atoms with Crippen LogP contribution in [0.3, 0.4) is 0 Å². The van der Waals surface area contributed by atoms with Gasteiger partial charge in [-0.15, -0.1) is 0 Å². The van der Waals surface area contributed by atoms with Gasteiger partial charge in [0.1, 0.15) is 0 Å². The van der Waals surface area contributed by atoms with E-state index in [0.717, 1.165) is 45.0 Å². The van der Waals surface area contributed by atoms with Crippen molar-refractivity contribution in [3.05, 3.63) is 0 Å². The zero-order chi connectivity index (χ0) is 11.4. The summed E-state index contributed by atoms with van der Waals surface area (Å²) in [6, 6.07) is 0. The van der Waals surface area contributed by atoms with Gasteiger partial charge in [-0.3, -0.25) is 0 Å². The molecule has 2 rings (SSSR count). The molecule has 0 aromatic heterocycles. The molecule has 2 unspecified atom stereocenters. The van der Waals surface area contributed by atoms with E-state index < -0.39 is 0 Å². The lowest BCUT2D eigenvalue weighted by atomic mass is 9.86. The van der Waals surface area contributed by atoms with Crippen molar-refractivity contribution in [1.82, 2.24) is 0 Å². The first-order valence-corrected chi connectivity index (χ1v) is 6.74. The third-order valence-electron chi connectivity index (χ3n) is 3.84. The van der Waals surface area contributed by atoms with Crippen LogP contribution in [0.15, 0.2) is 0 Å². The molecule has 1 aliphatic heterocycles. The number of hydrogen-bond donors (Lipinski definition) is 1. The summed E-state index contributed by atoms with van der Waals surface area (Å²) in [6.45, 7) is 4.69. The van der Waals surface area contributed by atoms with Crippen LogP contribution >= 0.6 is 0 Å². The lowest BCUT2D eigenvalue weighted by Crippen LogP contribution is -2.49. The first-order valence-electron chi connectivity index (χ1n) is 6.74. The van der Waals surface area contributed by atoms with Crippen molar-refractivity contribution in [2.75, 3.05) is 19.8 Å². The lowest BCUT2D eigenvalue weighted by Gasteiger charge is -2.29. The second-order valence-electron chi connectivity index (χ2n) is 5.33. The molecular formula is C13H25NO2. The molecule has 1 saturated heterocycles. The van der Waals surface area contributed by atoms with Crippen molar-refractivity contribution in [3.63, 3.8) is 0 Å². The van der Waals surface area contributed by atoms with E-state index in [0.29, 0.717) is 6.10 Å². The van der Waals surface area contributed by atoms with E-state index in [9.17, 15) is 0 Å². The smallest absolute Gasteiger partial charge is 0.0784 e. The van der Waals surface area contributed by atoms with E-state index in [2.05, 4.69) is 6.92 Å². The zero-order valence-corrected chi connectivity index (χ0v) is 10.4. The summed E-state index contributed by atoms with van der Waals surface area (Å²) in [5.74, 6) is 0.739. The summed E-state index contributed by atoms with van der Waals surface area (Å²) >= 11 is 0. The Bertz CT molecular complexity index is 218. The summed E-state index contributed by atoms with van der Waals surface area (Å²) in [7, 11) is 0. The quantitative estimate of drug-likeness (QED) is 0.677. The second kappa shape index (κ2) is 5.48. The molecule has 3 nitrogen and oxygen atoms in total. The van der Waals surface area contributed by atoms with Gasteiger partial charge >= 0.3 is 0 Å². The maximum atomic E-state index is 6.45. The maximum absolute atomic E-state index is 6.45. The highest BCUT2D eigenvalue weighted by Gasteiger charge is 2.48. The zero-order valence-electron chi connectivity index (χ0n) is 10.4. The number of hydrogen-bond acceptors (Lipinski definition) is 3. The van der Waals surface area contributed by atoms with Crippen LogP contribution in [0.4, 0.5) is 0 Å². The first kappa shape index (κ1) is 12.3. The molecule has 0 radical (unpaired) electrons. The highest BCUT2D eigenvalue weighted by atomic mass is 16.5. The van der Waals surface area contributed by atoms with Gasteiger partial charge in [0.2, 0.25) is 0 Å². The molecule has 2 aliphatic rings. The Morgan fingerprint density at radius 1 is 1.38 bits per heavy atom. The number of rotatable bonds is 7. The third-order valence-corrected chi connectivity index (χ3v) is 3.84. The normalized spacial score (nSPS) is 34.5. The Morgan fingerprint density at radius 2 is 2.19 bits per heavy atom. The van der Waals surface area contributed by atoms with Crippen molar-refractivity contribution < 1.29 is 9.47 Å². The molecule has 2 fully saturated rings. The molecule has 16 heavy (non-hydrogen) atoms. The Balaban J connectivity index is 1.69. The molecule has 1 saturated carbocycles. The minimum absolute atomic E-state index is 0.104. The molecule has 3 heteroatoms. The molecule has 0 amide bonds. The summed E-state index contributed by atoms with van der Waals surface area (Å²) in [5.41, 5.74) is 6.35. The van der Waals surface area contributed by atoms with Crippen LogP contribution in [0.25, 0.3) is 0 Å². The van der Waals surface area contributed by atoms with Gasteiger partial charge in [-0.05, 0) is 38.0 Å². The molecule has 2 atom stereocenters. The van der Waals surface area contributed by atoms with Gasteiger partial charge in [-0.1, -0.05) is 13.3 Å². The van der Waals surface area contributed by atoms with E-state index in [-0.39, 0.29) is 5.54 Å². The van der Waals surface area contributed by atoms with Crippen LogP contribution < -0.4 is 5.73 Å². The summed E-state index contributed by atoms with van der Waals surface area (Å²) < 4.78 is 11.4. The van der Waals surface area contributed by atoms with Crippen LogP contribution in [-0.4, -0.2) is 31.5 Å². The Kier molecular flexibility index (Phi) is 4.22. The molecular weight excluding hydrogens is 202 g/mol. The van der Waals surface area contributed by atoms with Gasteiger partial charge < -0.3 is 15.2 Å². The maximum Gasteiger partial charge on any atom is 0.0784 e. The van der Waals surface area contributed by atoms with E-state index in [4.69, 9.17) is 15.2 Å². The van der Waals surface area contributed by atoms with Gasteiger partial charge in [0, 0.05) is 25.4 Å². The van der Waals surface area contributed by atoms with Gasteiger partial charge in [-0.25, -0.2) is 0 Å². The largest absolute Gasteiger partial charge is 0.381 e. The third kappa shape index (κ3) is 2.96. The minimum atomic E-state index is -0.104. The Hall–Kier alpha value is -0.120.